The van der Waals surface area contributed by atoms with Crippen molar-refractivity contribution in [2.45, 2.75) is 25.4 Å². The van der Waals surface area contributed by atoms with Gasteiger partial charge in [-0.15, -0.1) is 0 Å². The molecule has 1 fully saturated rings. The van der Waals surface area contributed by atoms with Crippen LogP contribution in [0, 0.1) is 5.92 Å². The molecule has 0 bridgehead atoms. The van der Waals surface area contributed by atoms with Crippen molar-refractivity contribution in [1.82, 2.24) is 0 Å². The molecule has 0 amide bonds. The van der Waals surface area contributed by atoms with Crippen LogP contribution in [0.5, 0.6) is 0 Å². The fourth-order valence-corrected chi connectivity index (χ4v) is 3.95. The maximum Gasteiger partial charge on any atom is 0.0617 e. The van der Waals surface area contributed by atoms with Gasteiger partial charge < -0.3 is 5.11 Å². The van der Waals surface area contributed by atoms with Crippen LogP contribution in [0.3, 0.4) is 0 Å². The van der Waals surface area contributed by atoms with Crippen LogP contribution in [0.2, 0.25) is 10.0 Å². The number of aliphatic hydroxyl groups is 1. The highest BCUT2D eigenvalue weighted by Gasteiger charge is 2.23. The molecule has 1 aliphatic heterocycles. The molecule has 94 valence electrons. The zero-order valence-electron chi connectivity index (χ0n) is 9.53. The van der Waals surface area contributed by atoms with E-state index in [9.17, 15) is 5.11 Å². The summed E-state index contributed by atoms with van der Waals surface area (Å²) in [6, 6.07) is 5.48. The lowest BCUT2D eigenvalue weighted by molar-refractivity contribution is 0.113. The van der Waals surface area contributed by atoms with Crippen LogP contribution in [-0.2, 0) is 6.42 Å². The van der Waals surface area contributed by atoms with E-state index >= 15 is 0 Å². The van der Waals surface area contributed by atoms with Gasteiger partial charge in [-0.1, -0.05) is 29.3 Å². The molecular formula is C13H16Cl2OS. The second-order valence-corrected chi connectivity index (χ2v) is 6.41. The average molecular weight is 291 g/mol. The average Bonchev–Trinajstić information content (AvgIpc) is 2.35. The molecule has 4 heteroatoms. The van der Waals surface area contributed by atoms with E-state index in [2.05, 4.69) is 0 Å². The third kappa shape index (κ3) is 3.54. The normalized spacial score (nSPS) is 22.4. The molecule has 0 saturated carbocycles. The van der Waals surface area contributed by atoms with Crippen molar-refractivity contribution in [2.24, 2.45) is 5.92 Å². The van der Waals surface area contributed by atoms with E-state index < -0.39 is 0 Å². The number of hydrogen-bond donors (Lipinski definition) is 1. The van der Waals surface area contributed by atoms with Gasteiger partial charge in [-0.3, -0.25) is 0 Å². The van der Waals surface area contributed by atoms with Gasteiger partial charge in [-0.05, 0) is 48.0 Å². The Morgan fingerprint density at radius 1 is 1.35 bits per heavy atom. The summed E-state index contributed by atoms with van der Waals surface area (Å²) in [5.41, 5.74) is 0.874. The first-order valence-electron chi connectivity index (χ1n) is 5.87. The van der Waals surface area contributed by atoms with Crippen LogP contribution in [0.1, 0.15) is 18.4 Å². The largest absolute Gasteiger partial charge is 0.392 e. The summed E-state index contributed by atoms with van der Waals surface area (Å²) in [5, 5.41) is 11.6. The highest BCUT2D eigenvalue weighted by atomic mass is 35.5. The number of halogens is 2. The molecule has 1 nitrogen and oxygen atoms in total. The van der Waals surface area contributed by atoms with Crippen molar-refractivity contribution >= 4 is 35.0 Å². The zero-order chi connectivity index (χ0) is 12.3. The number of rotatable bonds is 3. The van der Waals surface area contributed by atoms with E-state index in [1.165, 1.54) is 12.2 Å². The quantitative estimate of drug-likeness (QED) is 0.907. The Bertz CT molecular complexity index is 357. The van der Waals surface area contributed by atoms with E-state index in [0.717, 1.165) is 17.7 Å². The van der Waals surface area contributed by atoms with Crippen LogP contribution in [0.15, 0.2) is 18.2 Å². The Hall–Kier alpha value is 0.110. The summed E-state index contributed by atoms with van der Waals surface area (Å²) in [6.07, 6.45) is 2.53. The lowest BCUT2D eigenvalue weighted by Crippen LogP contribution is -2.27. The molecule has 2 atom stereocenters. The zero-order valence-corrected chi connectivity index (χ0v) is 11.9. The molecule has 1 heterocycles. The summed E-state index contributed by atoms with van der Waals surface area (Å²) >= 11 is 14.1. The van der Waals surface area contributed by atoms with Gasteiger partial charge in [-0.25, -0.2) is 0 Å². The fraction of sp³-hybridized carbons (Fsp3) is 0.538. The van der Waals surface area contributed by atoms with E-state index in [4.69, 9.17) is 23.2 Å². The van der Waals surface area contributed by atoms with Gasteiger partial charge >= 0.3 is 0 Å². The van der Waals surface area contributed by atoms with Gasteiger partial charge in [0, 0.05) is 16.5 Å². The smallest absolute Gasteiger partial charge is 0.0617 e. The minimum Gasteiger partial charge on any atom is -0.392 e. The number of aliphatic hydroxyl groups excluding tert-OH is 1. The summed E-state index contributed by atoms with van der Waals surface area (Å²) in [6.45, 7) is 0. The Morgan fingerprint density at radius 2 is 2.06 bits per heavy atom. The van der Waals surface area contributed by atoms with Crippen LogP contribution < -0.4 is 0 Å². The second kappa shape index (κ2) is 6.33. The second-order valence-electron chi connectivity index (χ2n) is 4.45. The van der Waals surface area contributed by atoms with Crippen molar-refractivity contribution in [2.75, 3.05) is 11.5 Å². The highest BCUT2D eigenvalue weighted by molar-refractivity contribution is 7.99. The van der Waals surface area contributed by atoms with Crippen LogP contribution in [0.25, 0.3) is 0 Å². The Morgan fingerprint density at radius 3 is 2.65 bits per heavy atom. The van der Waals surface area contributed by atoms with E-state index in [-0.39, 0.29) is 6.10 Å². The standard InChI is InChI=1S/C13H16Cl2OS/c14-11-4-1-5-12(15)10(11)7-13(16)9-3-2-6-17-8-9/h1,4-5,9,13,16H,2-3,6-8H2. The molecular weight excluding hydrogens is 275 g/mol. The number of benzene rings is 1. The third-order valence-electron chi connectivity index (χ3n) is 3.21. The van der Waals surface area contributed by atoms with Crippen LogP contribution in [-0.4, -0.2) is 22.7 Å². The molecule has 1 aromatic rings. The molecule has 2 rings (SSSR count). The maximum absolute atomic E-state index is 10.2. The summed E-state index contributed by atoms with van der Waals surface area (Å²) < 4.78 is 0. The van der Waals surface area contributed by atoms with E-state index in [1.54, 1.807) is 0 Å². The Balaban J connectivity index is 2.04. The molecule has 0 aromatic heterocycles. The molecule has 1 N–H and O–H groups in total. The lowest BCUT2D eigenvalue weighted by Gasteiger charge is -2.26. The molecule has 1 aliphatic rings. The SMILES string of the molecule is OC(Cc1c(Cl)cccc1Cl)C1CCCSC1. The first kappa shape index (κ1) is 13.5. The van der Waals surface area contributed by atoms with Crippen LogP contribution >= 0.6 is 35.0 Å². The molecule has 0 radical (unpaired) electrons. The predicted molar refractivity (Wildman–Crippen MR) is 76.2 cm³/mol. The lowest BCUT2D eigenvalue weighted by atomic mass is 9.93. The Kier molecular flexibility index (Phi) is 5.04. The van der Waals surface area contributed by atoms with Crippen molar-refractivity contribution in [3.8, 4) is 0 Å². The first-order chi connectivity index (χ1) is 8.18. The van der Waals surface area contributed by atoms with Crippen molar-refractivity contribution in [1.29, 1.82) is 0 Å². The Labute approximate surface area is 117 Å². The number of hydrogen-bond acceptors (Lipinski definition) is 2. The molecule has 1 aromatic carbocycles. The predicted octanol–water partition coefficient (Wildman–Crippen LogP) is 4.04. The van der Waals surface area contributed by atoms with Crippen molar-refractivity contribution < 1.29 is 5.11 Å². The summed E-state index contributed by atoms with van der Waals surface area (Å²) in [5.74, 6) is 2.64. The molecule has 0 aliphatic carbocycles. The molecule has 17 heavy (non-hydrogen) atoms. The minimum absolute atomic E-state index is 0.333. The topological polar surface area (TPSA) is 20.2 Å². The molecule has 0 spiro atoms. The molecule has 1 saturated heterocycles. The van der Waals surface area contributed by atoms with Crippen molar-refractivity contribution in [3.05, 3.63) is 33.8 Å². The number of thioether (sulfide) groups is 1. The fourth-order valence-electron chi connectivity index (χ4n) is 2.17. The first-order valence-corrected chi connectivity index (χ1v) is 7.78. The van der Waals surface area contributed by atoms with E-state index in [0.29, 0.717) is 22.4 Å². The highest BCUT2D eigenvalue weighted by Crippen LogP contribution is 2.30. The van der Waals surface area contributed by atoms with E-state index in [1.807, 2.05) is 30.0 Å². The van der Waals surface area contributed by atoms with Crippen molar-refractivity contribution in [3.63, 3.8) is 0 Å². The summed E-state index contributed by atoms with van der Waals surface area (Å²) in [7, 11) is 0. The maximum atomic E-state index is 10.2. The molecule has 2 unspecified atom stereocenters. The van der Waals surface area contributed by atoms with Gasteiger partial charge in [0.1, 0.15) is 0 Å². The van der Waals surface area contributed by atoms with Gasteiger partial charge in [0.15, 0.2) is 0 Å². The minimum atomic E-state index is -0.333. The monoisotopic (exact) mass is 290 g/mol. The van der Waals surface area contributed by atoms with Gasteiger partial charge in [0.2, 0.25) is 0 Å². The summed E-state index contributed by atoms with van der Waals surface area (Å²) in [4.78, 5) is 0. The van der Waals surface area contributed by atoms with Gasteiger partial charge in [0.05, 0.1) is 6.10 Å². The van der Waals surface area contributed by atoms with Gasteiger partial charge in [-0.2, -0.15) is 11.8 Å². The third-order valence-corrected chi connectivity index (χ3v) is 5.16. The van der Waals surface area contributed by atoms with Gasteiger partial charge in [0.25, 0.3) is 0 Å². The van der Waals surface area contributed by atoms with Crippen LogP contribution in [0.4, 0.5) is 0 Å².